The minimum Gasteiger partial charge on any atom is -0.381 e. The Morgan fingerprint density at radius 1 is 1.24 bits per heavy atom. The summed E-state index contributed by atoms with van der Waals surface area (Å²) >= 11 is 0. The van der Waals surface area contributed by atoms with Crippen molar-refractivity contribution in [3.63, 3.8) is 0 Å². The third-order valence-corrected chi connectivity index (χ3v) is 4.26. The van der Waals surface area contributed by atoms with E-state index in [-0.39, 0.29) is 5.82 Å². The summed E-state index contributed by atoms with van der Waals surface area (Å²) in [6.07, 6.45) is 4.54. The van der Waals surface area contributed by atoms with Gasteiger partial charge in [0.1, 0.15) is 5.82 Å². The molecule has 1 fully saturated rings. The summed E-state index contributed by atoms with van der Waals surface area (Å²) < 4.78 is 19.3. The van der Waals surface area contributed by atoms with Crippen molar-refractivity contribution in [2.45, 2.75) is 25.7 Å². The van der Waals surface area contributed by atoms with Crippen LogP contribution in [0.3, 0.4) is 0 Å². The molecule has 0 heterocycles. The average molecular weight is 350 g/mol. The van der Waals surface area contributed by atoms with Crippen LogP contribution in [0.15, 0.2) is 29.3 Å². The predicted molar refractivity (Wildman–Crippen MR) is 102 cm³/mol. The zero-order chi connectivity index (χ0) is 17.9. The highest BCUT2D eigenvalue weighted by molar-refractivity contribution is 5.79. The third kappa shape index (κ3) is 7.73. The molecule has 0 bridgehead atoms. The minimum atomic E-state index is -0.181. The first-order chi connectivity index (χ1) is 12.2. The molecular weight excluding hydrogens is 319 g/mol. The number of benzene rings is 1. The Hall–Kier alpha value is -1.82. The molecule has 140 valence electrons. The largest absolute Gasteiger partial charge is 0.381 e. The number of halogens is 1. The van der Waals surface area contributed by atoms with Crippen LogP contribution >= 0.6 is 0 Å². The molecule has 0 unspecified atom stereocenters. The number of guanidine groups is 1. The van der Waals surface area contributed by atoms with Crippen LogP contribution in [0.4, 0.5) is 10.1 Å². The van der Waals surface area contributed by atoms with E-state index in [1.165, 1.54) is 18.9 Å². The zero-order valence-electron chi connectivity index (χ0n) is 15.4. The molecular formula is C19H31FN4O. The van der Waals surface area contributed by atoms with Gasteiger partial charge in [0.2, 0.25) is 0 Å². The molecule has 5 nitrogen and oxygen atoms in total. The summed E-state index contributed by atoms with van der Waals surface area (Å²) in [5, 5.41) is 6.58. The molecule has 1 aliphatic rings. The molecule has 0 saturated heterocycles. The van der Waals surface area contributed by atoms with Gasteiger partial charge in [0, 0.05) is 46.9 Å². The number of hydrogen-bond acceptors (Lipinski definition) is 3. The summed E-state index contributed by atoms with van der Waals surface area (Å²) in [6, 6.07) is 6.85. The van der Waals surface area contributed by atoms with Gasteiger partial charge in [-0.1, -0.05) is 12.1 Å². The summed E-state index contributed by atoms with van der Waals surface area (Å²) in [6.45, 7) is 4.13. The number of nitrogens with one attached hydrogen (secondary N) is 2. The van der Waals surface area contributed by atoms with E-state index in [9.17, 15) is 4.39 Å². The molecule has 1 aromatic carbocycles. The van der Waals surface area contributed by atoms with Gasteiger partial charge in [0.05, 0.1) is 5.69 Å². The molecule has 0 aromatic heterocycles. The van der Waals surface area contributed by atoms with Gasteiger partial charge >= 0.3 is 0 Å². The Bertz CT molecular complexity index is 534. The van der Waals surface area contributed by atoms with Crippen LogP contribution in [0, 0.1) is 11.7 Å². The predicted octanol–water partition coefficient (Wildman–Crippen LogP) is 2.63. The quantitative estimate of drug-likeness (QED) is 0.366. The number of nitrogens with zero attached hydrogens (tertiary/aromatic N) is 2. The van der Waals surface area contributed by atoms with Crippen LogP contribution in [0.25, 0.3) is 0 Å². The van der Waals surface area contributed by atoms with Crippen molar-refractivity contribution in [1.82, 2.24) is 10.6 Å². The second kappa shape index (κ2) is 10.9. The highest BCUT2D eigenvalue weighted by Crippen LogP contribution is 2.28. The first-order valence-electron chi connectivity index (χ1n) is 9.18. The number of hydrogen-bond donors (Lipinski definition) is 2. The molecule has 2 N–H and O–H groups in total. The van der Waals surface area contributed by atoms with Crippen molar-refractivity contribution >= 4 is 11.6 Å². The summed E-state index contributed by atoms with van der Waals surface area (Å²) in [5.74, 6) is 1.44. The van der Waals surface area contributed by atoms with E-state index >= 15 is 0 Å². The van der Waals surface area contributed by atoms with Crippen LogP contribution in [0.1, 0.15) is 25.7 Å². The lowest BCUT2D eigenvalue weighted by Crippen LogP contribution is -2.39. The van der Waals surface area contributed by atoms with Crippen molar-refractivity contribution in [3.8, 4) is 0 Å². The second-order valence-corrected chi connectivity index (χ2v) is 6.52. The van der Waals surface area contributed by atoms with Gasteiger partial charge in [-0.15, -0.1) is 0 Å². The molecule has 0 amide bonds. The van der Waals surface area contributed by atoms with E-state index in [4.69, 9.17) is 4.74 Å². The van der Waals surface area contributed by atoms with Gasteiger partial charge in [0.25, 0.3) is 0 Å². The highest BCUT2D eigenvalue weighted by atomic mass is 19.1. The van der Waals surface area contributed by atoms with Crippen molar-refractivity contribution in [2.24, 2.45) is 10.9 Å². The first kappa shape index (κ1) is 19.5. The molecule has 0 atom stereocenters. The maximum atomic E-state index is 13.7. The number of para-hydroxylation sites is 1. The highest BCUT2D eigenvalue weighted by Gasteiger charge is 2.20. The normalized spacial score (nSPS) is 14.4. The van der Waals surface area contributed by atoms with Crippen LogP contribution in [-0.4, -0.2) is 52.9 Å². The van der Waals surface area contributed by atoms with E-state index in [1.54, 1.807) is 19.2 Å². The summed E-state index contributed by atoms with van der Waals surface area (Å²) in [7, 11) is 3.68. The molecule has 1 aromatic rings. The fourth-order valence-corrected chi connectivity index (χ4v) is 2.54. The van der Waals surface area contributed by atoms with Gasteiger partial charge in [-0.3, -0.25) is 4.99 Å². The summed E-state index contributed by atoms with van der Waals surface area (Å²) in [5.41, 5.74) is 0.635. The Labute approximate surface area is 150 Å². The maximum Gasteiger partial charge on any atom is 0.190 e. The van der Waals surface area contributed by atoms with E-state index in [1.807, 2.05) is 18.0 Å². The second-order valence-electron chi connectivity index (χ2n) is 6.52. The van der Waals surface area contributed by atoms with Crippen LogP contribution in [0.2, 0.25) is 0 Å². The Balaban J connectivity index is 1.52. The lowest BCUT2D eigenvalue weighted by atomic mass is 10.2. The summed E-state index contributed by atoms with van der Waals surface area (Å²) in [4.78, 5) is 6.15. The van der Waals surface area contributed by atoms with E-state index in [2.05, 4.69) is 15.6 Å². The Morgan fingerprint density at radius 2 is 1.96 bits per heavy atom. The van der Waals surface area contributed by atoms with Crippen molar-refractivity contribution < 1.29 is 9.13 Å². The smallest absolute Gasteiger partial charge is 0.190 e. The number of ether oxygens (including phenoxy) is 1. The molecule has 2 rings (SSSR count). The number of rotatable bonds is 11. The van der Waals surface area contributed by atoms with Crippen LogP contribution < -0.4 is 15.5 Å². The molecule has 1 aliphatic carbocycles. The van der Waals surface area contributed by atoms with Gasteiger partial charge in [-0.2, -0.15) is 0 Å². The van der Waals surface area contributed by atoms with Gasteiger partial charge in [-0.25, -0.2) is 4.39 Å². The zero-order valence-corrected chi connectivity index (χ0v) is 15.4. The molecule has 0 aliphatic heterocycles. The van der Waals surface area contributed by atoms with Crippen LogP contribution in [-0.2, 0) is 4.74 Å². The third-order valence-electron chi connectivity index (χ3n) is 4.26. The SMILES string of the molecule is CN=C(NCCCOCC1CC1)NCCCN(C)c1ccccc1F. The average Bonchev–Trinajstić information content (AvgIpc) is 3.44. The van der Waals surface area contributed by atoms with Crippen molar-refractivity contribution in [3.05, 3.63) is 30.1 Å². The van der Waals surface area contributed by atoms with E-state index in [0.717, 1.165) is 57.6 Å². The molecule has 0 spiro atoms. The first-order valence-corrected chi connectivity index (χ1v) is 9.18. The van der Waals surface area contributed by atoms with Crippen molar-refractivity contribution in [2.75, 3.05) is 51.8 Å². The Morgan fingerprint density at radius 3 is 2.64 bits per heavy atom. The number of aliphatic imine (C=N–C) groups is 1. The Kier molecular flexibility index (Phi) is 8.52. The number of anilines is 1. The monoisotopic (exact) mass is 350 g/mol. The molecule has 25 heavy (non-hydrogen) atoms. The van der Waals surface area contributed by atoms with Gasteiger partial charge in [0.15, 0.2) is 5.96 Å². The lowest BCUT2D eigenvalue weighted by Gasteiger charge is -2.20. The van der Waals surface area contributed by atoms with Gasteiger partial charge in [-0.05, 0) is 43.7 Å². The molecule has 1 saturated carbocycles. The topological polar surface area (TPSA) is 48.9 Å². The van der Waals surface area contributed by atoms with Crippen molar-refractivity contribution in [1.29, 1.82) is 0 Å². The van der Waals surface area contributed by atoms with Gasteiger partial charge < -0.3 is 20.3 Å². The maximum absolute atomic E-state index is 13.7. The van der Waals surface area contributed by atoms with E-state index < -0.39 is 0 Å². The minimum absolute atomic E-state index is 0.181. The molecule has 6 heteroatoms. The fourth-order valence-electron chi connectivity index (χ4n) is 2.54. The fraction of sp³-hybridized carbons (Fsp3) is 0.632. The lowest BCUT2D eigenvalue weighted by molar-refractivity contribution is 0.123. The van der Waals surface area contributed by atoms with E-state index in [0.29, 0.717) is 5.69 Å². The van der Waals surface area contributed by atoms with Crippen LogP contribution in [0.5, 0.6) is 0 Å². The standard InChI is InChI=1S/C19H31FN4O/c1-21-19(23-12-6-14-25-15-16-9-10-16)22-11-5-13-24(2)18-8-4-3-7-17(18)20/h3-4,7-8,16H,5-6,9-15H2,1-2H3,(H2,21,22,23). The molecule has 0 radical (unpaired) electrons.